The van der Waals surface area contributed by atoms with E-state index in [0.29, 0.717) is 27.2 Å². The van der Waals surface area contributed by atoms with E-state index in [1.165, 1.54) is 6.20 Å². The zero-order valence-electron chi connectivity index (χ0n) is 11.8. The van der Waals surface area contributed by atoms with Crippen molar-refractivity contribution in [3.05, 3.63) is 46.6 Å². The highest BCUT2D eigenvalue weighted by Crippen LogP contribution is 2.31. The van der Waals surface area contributed by atoms with Crippen LogP contribution in [0.3, 0.4) is 0 Å². The number of aliphatic hydroxyl groups is 1. The Morgan fingerprint density at radius 1 is 1.32 bits per heavy atom. The third-order valence-corrected chi connectivity index (χ3v) is 3.56. The van der Waals surface area contributed by atoms with Crippen molar-refractivity contribution in [2.24, 2.45) is 0 Å². The molecule has 1 amide bonds. The molecule has 1 aromatic heterocycles. The number of hydrogen-bond donors (Lipinski definition) is 3. The van der Waals surface area contributed by atoms with Gasteiger partial charge in [-0.3, -0.25) is 4.79 Å². The standard InChI is InChI=1S/C15H15Cl2N3O2/c1-9(21)7-14(22)19-10-5-6-13(18-8-10)20-12-4-2-3-11(16)15(12)17/h2-6,8-9,21H,7H2,1H3,(H,18,20)(H,19,22). The molecule has 2 rings (SSSR count). The molecule has 1 unspecified atom stereocenters. The van der Waals surface area contributed by atoms with Gasteiger partial charge in [-0.1, -0.05) is 29.3 Å². The lowest BCUT2D eigenvalue weighted by molar-refractivity contribution is -0.117. The van der Waals surface area contributed by atoms with Crippen molar-refractivity contribution in [2.75, 3.05) is 10.6 Å². The number of carbonyl (C=O) groups is 1. The summed E-state index contributed by atoms with van der Waals surface area (Å²) in [6.07, 6.45) is 0.873. The number of benzene rings is 1. The van der Waals surface area contributed by atoms with Gasteiger partial charge in [-0.05, 0) is 31.2 Å². The van der Waals surface area contributed by atoms with E-state index in [1.54, 1.807) is 37.3 Å². The summed E-state index contributed by atoms with van der Waals surface area (Å²) < 4.78 is 0. The number of rotatable bonds is 5. The van der Waals surface area contributed by atoms with Crippen LogP contribution in [0.2, 0.25) is 10.0 Å². The van der Waals surface area contributed by atoms with Crippen molar-refractivity contribution in [1.82, 2.24) is 4.98 Å². The predicted molar refractivity (Wildman–Crippen MR) is 88.9 cm³/mol. The van der Waals surface area contributed by atoms with Gasteiger partial charge in [-0.25, -0.2) is 4.98 Å². The predicted octanol–water partition coefficient (Wildman–Crippen LogP) is 3.84. The molecule has 3 N–H and O–H groups in total. The number of anilines is 3. The van der Waals surface area contributed by atoms with Crippen molar-refractivity contribution >= 4 is 46.3 Å². The molecule has 116 valence electrons. The fraction of sp³-hybridized carbons (Fsp3) is 0.200. The van der Waals surface area contributed by atoms with E-state index in [9.17, 15) is 4.79 Å². The highest BCUT2D eigenvalue weighted by Gasteiger charge is 2.08. The van der Waals surface area contributed by atoms with Gasteiger partial charge >= 0.3 is 0 Å². The molecular weight excluding hydrogens is 325 g/mol. The highest BCUT2D eigenvalue weighted by molar-refractivity contribution is 6.43. The average Bonchev–Trinajstić information content (AvgIpc) is 2.45. The Hall–Kier alpha value is -1.82. The van der Waals surface area contributed by atoms with Crippen molar-refractivity contribution in [2.45, 2.75) is 19.4 Å². The fourth-order valence-corrected chi connectivity index (χ4v) is 2.11. The molecule has 0 aliphatic rings. The minimum absolute atomic E-state index is 0.0398. The first-order valence-electron chi connectivity index (χ1n) is 6.60. The Balaban J connectivity index is 2.03. The minimum Gasteiger partial charge on any atom is -0.393 e. The Bertz CT molecular complexity index is 660. The van der Waals surface area contributed by atoms with Crippen molar-refractivity contribution in [1.29, 1.82) is 0 Å². The fourth-order valence-electron chi connectivity index (χ4n) is 1.76. The maximum absolute atomic E-state index is 11.5. The van der Waals surface area contributed by atoms with Crippen LogP contribution in [-0.2, 0) is 4.79 Å². The summed E-state index contributed by atoms with van der Waals surface area (Å²) in [5.74, 6) is 0.299. The molecule has 2 aromatic rings. The van der Waals surface area contributed by atoms with Crippen LogP contribution in [-0.4, -0.2) is 22.1 Å². The van der Waals surface area contributed by atoms with Gasteiger partial charge in [0.2, 0.25) is 5.91 Å². The van der Waals surface area contributed by atoms with Crippen LogP contribution < -0.4 is 10.6 Å². The molecule has 0 aliphatic carbocycles. The van der Waals surface area contributed by atoms with Crippen LogP contribution in [0, 0.1) is 0 Å². The van der Waals surface area contributed by atoms with E-state index in [-0.39, 0.29) is 12.3 Å². The van der Waals surface area contributed by atoms with Crippen LogP contribution in [0.4, 0.5) is 17.2 Å². The number of hydrogen-bond acceptors (Lipinski definition) is 4. The van der Waals surface area contributed by atoms with E-state index in [1.807, 2.05) is 0 Å². The highest BCUT2D eigenvalue weighted by atomic mass is 35.5. The summed E-state index contributed by atoms with van der Waals surface area (Å²) in [6.45, 7) is 1.56. The minimum atomic E-state index is -0.682. The molecular formula is C15H15Cl2N3O2. The van der Waals surface area contributed by atoms with Crippen LogP contribution in [0.25, 0.3) is 0 Å². The molecule has 22 heavy (non-hydrogen) atoms. The Morgan fingerprint density at radius 3 is 2.73 bits per heavy atom. The van der Waals surface area contributed by atoms with E-state index in [4.69, 9.17) is 28.3 Å². The molecule has 0 saturated heterocycles. The lowest BCUT2D eigenvalue weighted by Crippen LogP contribution is -2.17. The summed E-state index contributed by atoms with van der Waals surface area (Å²) in [5, 5.41) is 15.7. The number of pyridine rings is 1. The summed E-state index contributed by atoms with van der Waals surface area (Å²) in [5.41, 5.74) is 1.20. The summed E-state index contributed by atoms with van der Waals surface area (Å²) in [7, 11) is 0. The monoisotopic (exact) mass is 339 g/mol. The van der Waals surface area contributed by atoms with Gasteiger partial charge in [-0.2, -0.15) is 0 Å². The number of amides is 1. The topological polar surface area (TPSA) is 74.2 Å². The summed E-state index contributed by atoms with van der Waals surface area (Å²) in [4.78, 5) is 15.7. The molecule has 0 spiro atoms. The van der Waals surface area contributed by atoms with Gasteiger partial charge < -0.3 is 15.7 Å². The third kappa shape index (κ3) is 4.59. The first-order chi connectivity index (χ1) is 10.5. The van der Waals surface area contributed by atoms with E-state index in [2.05, 4.69) is 15.6 Å². The molecule has 1 aromatic carbocycles. The number of carbonyl (C=O) groups excluding carboxylic acids is 1. The Kier molecular flexibility index (Phi) is 5.60. The number of halogens is 2. The molecule has 0 saturated carbocycles. The van der Waals surface area contributed by atoms with Gasteiger partial charge in [0, 0.05) is 0 Å². The quantitative estimate of drug-likeness (QED) is 0.773. The Labute approximate surface area is 138 Å². The molecule has 0 fully saturated rings. The molecule has 0 radical (unpaired) electrons. The number of aromatic nitrogens is 1. The maximum Gasteiger partial charge on any atom is 0.227 e. The van der Waals surface area contributed by atoms with E-state index >= 15 is 0 Å². The number of nitrogens with zero attached hydrogens (tertiary/aromatic N) is 1. The van der Waals surface area contributed by atoms with Crippen LogP contribution in [0.5, 0.6) is 0 Å². The average molecular weight is 340 g/mol. The van der Waals surface area contributed by atoms with Crippen molar-refractivity contribution in [3.8, 4) is 0 Å². The van der Waals surface area contributed by atoms with E-state index < -0.39 is 6.10 Å². The van der Waals surface area contributed by atoms with Crippen LogP contribution >= 0.6 is 23.2 Å². The molecule has 1 heterocycles. The zero-order valence-corrected chi connectivity index (χ0v) is 13.3. The summed E-state index contributed by atoms with van der Waals surface area (Å²) >= 11 is 12.0. The second-order valence-corrected chi connectivity index (χ2v) is 5.54. The SMILES string of the molecule is CC(O)CC(=O)Nc1ccc(Nc2cccc(Cl)c2Cl)nc1. The second-order valence-electron chi connectivity index (χ2n) is 4.76. The van der Waals surface area contributed by atoms with Gasteiger partial charge in [0.15, 0.2) is 0 Å². The molecule has 7 heteroatoms. The number of aliphatic hydroxyl groups excluding tert-OH is 1. The van der Waals surface area contributed by atoms with Gasteiger partial charge in [0.05, 0.1) is 40.1 Å². The third-order valence-electron chi connectivity index (χ3n) is 2.74. The first kappa shape index (κ1) is 16.5. The Morgan fingerprint density at radius 2 is 2.09 bits per heavy atom. The zero-order chi connectivity index (χ0) is 16.1. The van der Waals surface area contributed by atoms with Crippen molar-refractivity contribution < 1.29 is 9.90 Å². The molecule has 0 aliphatic heterocycles. The second kappa shape index (κ2) is 7.45. The van der Waals surface area contributed by atoms with E-state index in [0.717, 1.165) is 0 Å². The van der Waals surface area contributed by atoms with Gasteiger partial charge in [0.1, 0.15) is 5.82 Å². The summed E-state index contributed by atoms with van der Waals surface area (Å²) in [6, 6.07) is 8.67. The molecule has 5 nitrogen and oxygen atoms in total. The molecule has 0 bridgehead atoms. The molecule has 1 atom stereocenters. The van der Waals surface area contributed by atoms with Gasteiger partial charge in [-0.15, -0.1) is 0 Å². The maximum atomic E-state index is 11.5. The van der Waals surface area contributed by atoms with Gasteiger partial charge in [0.25, 0.3) is 0 Å². The lowest BCUT2D eigenvalue weighted by atomic mass is 10.2. The largest absolute Gasteiger partial charge is 0.393 e. The van der Waals surface area contributed by atoms with Crippen molar-refractivity contribution in [3.63, 3.8) is 0 Å². The normalized spacial score (nSPS) is 11.8. The lowest BCUT2D eigenvalue weighted by Gasteiger charge is -2.10. The number of nitrogens with one attached hydrogen (secondary N) is 2. The smallest absolute Gasteiger partial charge is 0.227 e. The van der Waals surface area contributed by atoms with Crippen LogP contribution in [0.1, 0.15) is 13.3 Å². The van der Waals surface area contributed by atoms with Crippen LogP contribution in [0.15, 0.2) is 36.5 Å². The first-order valence-corrected chi connectivity index (χ1v) is 7.36.